The third-order valence-electron chi connectivity index (χ3n) is 6.34. The number of nitrogens with zero attached hydrogens (tertiary/aromatic N) is 3. The summed E-state index contributed by atoms with van der Waals surface area (Å²) in [7, 11) is 0. The van der Waals surface area contributed by atoms with E-state index in [2.05, 4.69) is 49.8 Å². The van der Waals surface area contributed by atoms with Crippen LogP contribution in [0.25, 0.3) is 0 Å². The Morgan fingerprint density at radius 3 is 2.32 bits per heavy atom. The summed E-state index contributed by atoms with van der Waals surface area (Å²) in [5.74, 6) is -0.0923. The van der Waals surface area contributed by atoms with Crippen molar-refractivity contribution in [3.8, 4) is 0 Å². The number of pyridine rings is 2. The summed E-state index contributed by atoms with van der Waals surface area (Å²) < 4.78 is 0. The average Bonchev–Trinajstić information content (AvgIpc) is 3.77. The quantitative estimate of drug-likeness (QED) is 0.457. The lowest BCUT2D eigenvalue weighted by molar-refractivity contribution is -0.117. The number of piperidine rings is 1. The highest BCUT2D eigenvalue weighted by atomic mass is 16.2. The molecular weight excluding hydrogens is 468 g/mol. The lowest BCUT2D eigenvalue weighted by Gasteiger charge is -2.32. The fraction of sp³-hybridized carbons (Fsp3) is 0.321. The molecule has 1 aromatic carbocycles. The number of primary amides is 1. The number of hydrogen-bond donors (Lipinski definition) is 3. The van der Waals surface area contributed by atoms with Crippen LogP contribution in [0.2, 0.25) is 0 Å². The molecule has 0 spiro atoms. The summed E-state index contributed by atoms with van der Waals surface area (Å²) in [6.07, 6.45) is 8.60. The number of benzene rings is 1. The predicted octanol–water partition coefficient (Wildman–Crippen LogP) is 3.01. The SMILES string of the molecule is NC(=O)c1ccnc(NC(=O)C2CC2)c1.O=C(NC1CCN(Cc2ccccc2)CC1)c1cccnc1. The molecule has 3 amide bonds. The van der Waals surface area contributed by atoms with Crippen LogP contribution >= 0.6 is 0 Å². The van der Waals surface area contributed by atoms with Crippen LogP contribution in [0.4, 0.5) is 5.82 Å². The van der Waals surface area contributed by atoms with Gasteiger partial charge in [-0.05, 0) is 55.5 Å². The molecule has 1 aliphatic carbocycles. The molecule has 3 heterocycles. The molecule has 0 unspecified atom stereocenters. The maximum absolute atomic E-state index is 12.1. The van der Waals surface area contributed by atoms with E-state index in [1.54, 1.807) is 24.5 Å². The molecule has 4 N–H and O–H groups in total. The van der Waals surface area contributed by atoms with E-state index in [0.717, 1.165) is 45.3 Å². The van der Waals surface area contributed by atoms with Gasteiger partial charge in [-0.25, -0.2) is 4.98 Å². The zero-order valence-electron chi connectivity index (χ0n) is 20.7. The zero-order chi connectivity index (χ0) is 26.0. The average molecular weight is 501 g/mol. The van der Waals surface area contributed by atoms with Gasteiger partial charge in [-0.15, -0.1) is 0 Å². The first-order chi connectivity index (χ1) is 18.0. The summed E-state index contributed by atoms with van der Waals surface area (Å²) in [6, 6.07) is 17.4. The van der Waals surface area contributed by atoms with Crippen molar-refractivity contribution in [3.05, 3.63) is 89.9 Å². The van der Waals surface area contributed by atoms with Gasteiger partial charge in [0.05, 0.1) is 5.56 Å². The van der Waals surface area contributed by atoms with Gasteiger partial charge in [0.2, 0.25) is 11.8 Å². The molecule has 0 bridgehead atoms. The van der Waals surface area contributed by atoms with Crippen molar-refractivity contribution in [2.75, 3.05) is 18.4 Å². The number of anilines is 1. The predicted molar refractivity (Wildman–Crippen MR) is 141 cm³/mol. The van der Waals surface area contributed by atoms with Gasteiger partial charge in [0.25, 0.3) is 5.91 Å². The standard InChI is InChI=1S/C18H21N3O.C10H11N3O2/c22-18(16-7-4-10-19-13-16)20-17-8-11-21(12-9-17)14-15-5-2-1-3-6-15;11-9(14)7-3-4-12-8(5-7)13-10(15)6-1-2-6/h1-7,10,13,17H,8-9,11-12,14H2,(H,20,22);3-6H,1-2H2,(H2,11,14)(H,12,13,15). The Morgan fingerprint density at radius 1 is 0.919 bits per heavy atom. The van der Waals surface area contributed by atoms with Crippen molar-refractivity contribution in [3.63, 3.8) is 0 Å². The largest absolute Gasteiger partial charge is 0.366 e. The van der Waals surface area contributed by atoms with Crippen molar-refractivity contribution in [1.82, 2.24) is 20.2 Å². The van der Waals surface area contributed by atoms with Gasteiger partial charge in [0.15, 0.2) is 0 Å². The number of nitrogens with one attached hydrogen (secondary N) is 2. The minimum Gasteiger partial charge on any atom is -0.366 e. The third kappa shape index (κ3) is 8.22. The minimum absolute atomic E-state index is 0.0189. The Bertz CT molecular complexity index is 1190. The van der Waals surface area contributed by atoms with E-state index in [-0.39, 0.29) is 23.8 Å². The van der Waals surface area contributed by atoms with Gasteiger partial charge in [0, 0.05) is 55.7 Å². The topological polar surface area (TPSA) is 130 Å². The number of nitrogens with two attached hydrogens (primary N) is 1. The summed E-state index contributed by atoms with van der Waals surface area (Å²) in [5.41, 5.74) is 7.43. The maximum Gasteiger partial charge on any atom is 0.253 e. The normalized spacial score (nSPS) is 15.7. The molecule has 1 saturated heterocycles. The van der Waals surface area contributed by atoms with Crippen molar-refractivity contribution in [1.29, 1.82) is 0 Å². The number of hydrogen-bond acceptors (Lipinski definition) is 6. The second-order valence-electron chi connectivity index (χ2n) is 9.31. The van der Waals surface area contributed by atoms with Gasteiger partial charge in [-0.3, -0.25) is 24.3 Å². The van der Waals surface area contributed by atoms with Gasteiger partial charge in [-0.1, -0.05) is 30.3 Å². The summed E-state index contributed by atoms with van der Waals surface area (Å²) in [6.45, 7) is 3.03. The van der Waals surface area contributed by atoms with Crippen LogP contribution in [0.5, 0.6) is 0 Å². The highest BCUT2D eigenvalue weighted by Crippen LogP contribution is 2.29. The first-order valence-electron chi connectivity index (χ1n) is 12.5. The lowest BCUT2D eigenvalue weighted by atomic mass is 10.0. The van der Waals surface area contributed by atoms with E-state index in [0.29, 0.717) is 16.9 Å². The highest BCUT2D eigenvalue weighted by Gasteiger charge is 2.29. The molecule has 37 heavy (non-hydrogen) atoms. The molecule has 0 radical (unpaired) electrons. The summed E-state index contributed by atoms with van der Waals surface area (Å²) >= 11 is 0. The first kappa shape index (κ1) is 26.0. The van der Waals surface area contributed by atoms with Crippen molar-refractivity contribution in [2.24, 2.45) is 11.7 Å². The molecule has 2 fully saturated rings. The second kappa shape index (κ2) is 12.7. The van der Waals surface area contributed by atoms with E-state index < -0.39 is 5.91 Å². The Kier molecular flexibility index (Phi) is 8.93. The highest BCUT2D eigenvalue weighted by molar-refractivity contribution is 5.96. The van der Waals surface area contributed by atoms with Gasteiger partial charge >= 0.3 is 0 Å². The van der Waals surface area contributed by atoms with Gasteiger partial charge in [0.1, 0.15) is 5.82 Å². The number of carbonyl (C=O) groups excluding carboxylic acids is 3. The van der Waals surface area contributed by atoms with Crippen LogP contribution in [-0.4, -0.2) is 51.7 Å². The van der Waals surface area contributed by atoms with Gasteiger partial charge in [-0.2, -0.15) is 0 Å². The molecule has 2 aliphatic rings. The number of rotatable bonds is 7. The Hall–Kier alpha value is -4.11. The second-order valence-corrected chi connectivity index (χ2v) is 9.31. The Balaban J connectivity index is 0.000000186. The fourth-order valence-corrected chi connectivity index (χ4v) is 4.07. The van der Waals surface area contributed by atoms with Crippen LogP contribution < -0.4 is 16.4 Å². The molecule has 1 saturated carbocycles. The molecule has 5 rings (SSSR count). The molecule has 9 nitrogen and oxygen atoms in total. The smallest absolute Gasteiger partial charge is 0.253 e. The molecule has 9 heteroatoms. The molecule has 192 valence electrons. The number of aromatic nitrogens is 2. The summed E-state index contributed by atoms with van der Waals surface area (Å²) in [4.78, 5) is 44.7. The van der Waals surface area contributed by atoms with E-state index >= 15 is 0 Å². The van der Waals surface area contributed by atoms with E-state index in [9.17, 15) is 14.4 Å². The van der Waals surface area contributed by atoms with Crippen LogP contribution in [-0.2, 0) is 11.3 Å². The van der Waals surface area contributed by atoms with Crippen LogP contribution in [0.1, 0.15) is 52.0 Å². The molecular formula is C28H32N6O3. The maximum atomic E-state index is 12.1. The lowest BCUT2D eigenvalue weighted by Crippen LogP contribution is -2.44. The number of amides is 3. The fourth-order valence-electron chi connectivity index (χ4n) is 4.07. The van der Waals surface area contributed by atoms with Crippen molar-refractivity contribution in [2.45, 2.75) is 38.3 Å². The first-order valence-corrected chi connectivity index (χ1v) is 12.5. The van der Waals surface area contributed by atoms with Crippen molar-refractivity contribution >= 4 is 23.5 Å². The van der Waals surface area contributed by atoms with Crippen LogP contribution in [0.3, 0.4) is 0 Å². The van der Waals surface area contributed by atoms with Crippen LogP contribution in [0.15, 0.2) is 73.2 Å². The molecule has 1 aliphatic heterocycles. The summed E-state index contributed by atoms with van der Waals surface area (Å²) in [5, 5.41) is 5.76. The number of likely N-dealkylation sites (tertiary alicyclic amines) is 1. The molecule has 3 aromatic rings. The number of carbonyl (C=O) groups is 3. The van der Waals surface area contributed by atoms with E-state index in [1.807, 2.05) is 6.07 Å². The monoisotopic (exact) mass is 500 g/mol. The molecule has 2 aromatic heterocycles. The Labute approximate surface area is 216 Å². The third-order valence-corrected chi connectivity index (χ3v) is 6.34. The van der Waals surface area contributed by atoms with Crippen LogP contribution in [0, 0.1) is 5.92 Å². The van der Waals surface area contributed by atoms with E-state index in [4.69, 9.17) is 5.73 Å². The zero-order valence-corrected chi connectivity index (χ0v) is 20.7. The van der Waals surface area contributed by atoms with Gasteiger partial charge < -0.3 is 16.4 Å². The van der Waals surface area contributed by atoms with E-state index in [1.165, 1.54) is 23.9 Å². The van der Waals surface area contributed by atoms with Crippen molar-refractivity contribution < 1.29 is 14.4 Å². The molecule has 0 atom stereocenters. The minimum atomic E-state index is -0.528. The Morgan fingerprint density at radius 2 is 1.68 bits per heavy atom.